The summed E-state index contributed by atoms with van der Waals surface area (Å²) in [6, 6.07) is 29.7. The molecule has 1 saturated carbocycles. The van der Waals surface area contributed by atoms with Crippen LogP contribution in [0.5, 0.6) is 0 Å². The van der Waals surface area contributed by atoms with Crippen LogP contribution < -0.4 is 15.1 Å². The van der Waals surface area contributed by atoms with Crippen LogP contribution in [0.15, 0.2) is 84.9 Å². The number of benzene rings is 4. The van der Waals surface area contributed by atoms with Gasteiger partial charge in [0, 0.05) is 116 Å². The maximum absolute atomic E-state index is 12.6. The molecule has 2 unspecified atom stereocenters. The van der Waals surface area contributed by atoms with E-state index in [1.54, 1.807) is 0 Å². The molecule has 12 heteroatoms. The standard InChI is InChI=1S/C27H35Cl2N3O2.C17H18Cl2N2.C6H10O/c1-27(2,3)34-26(33)31-13-11-23(12-14-31)32-17-20-16-22(29)9-10-25(20)30(4)18-24(32)15-19-5-7-21(28)8-6-19;1-21-11-16(8-12-2-4-14(18)5-3-12)20-10-13-9-15(19)6-7-17(13)21;7-6-4-2-1-3-5-6/h5-10,16,23-24H,11-15,17-18H2,1-4H3;2-7,9,16,20H,8,10-11H2,1H3;1-5H2. The van der Waals surface area contributed by atoms with Crippen LogP contribution in [0.2, 0.25) is 20.1 Å². The molecule has 0 aromatic heterocycles. The van der Waals surface area contributed by atoms with Crippen LogP contribution in [0.3, 0.4) is 0 Å². The zero-order chi connectivity index (χ0) is 44.4. The molecule has 0 bridgehead atoms. The van der Waals surface area contributed by atoms with Gasteiger partial charge >= 0.3 is 6.09 Å². The van der Waals surface area contributed by atoms with Crippen molar-refractivity contribution in [1.82, 2.24) is 15.1 Å². The van der Waals surface area contributed by atoms with Gasteiger partial charge in [0.25, 0.3) is 0 Å². The summed E-state index contributed by atoms with van der Waals surface area (Å²) in [5, 5.41) is 6.73. The van der Waals surface area contributed by atoms with E-state index in [2.05, 4.69) is 76.6 Å². The molecule has 1 aliphatic carbocycles. The van der Waals surface area contributed by atoms with Crippen molar-refractivity contribution in [2.45, 2.75) is 115 Å². The topological polar surface area (TPSA) is 68.4 Å². The number of ether oxygens (including phenoxy) is 1. The SMILES string of the molecule is CN1CC(Cc2ccc(Cl)cc2)N(C2CCN(C(=O)OC(C)(C)C)CC2)Cc2cc(Cl)ccc21.CN1CC(Cc2ccc(Cl)cc2)NCc2cc(Cl)ccc21.O=C1CCCCC1. The Kier molecular flexibility index (Phi) is 17.3. The highest BCUT2D eigenvalue weighted by Gasteiger charge is 2.35. The first-order chi connectivity index (χ1) is 29.6. The van der Waals surface area contributed by atoms with Crippen molar-refractivity contribution in [3.63, 3.8) is 0 Å². The maximum Gasteiger partial charge on any atom is 0.410 e. The van der Waals surface area contributed by atoms with Gasteiger partial charge in [0.1, 0.15) is 11.4 Å². The molecule has 334 valence electrons. The molecular weight excluding hydrogens is 860 g/mol. The number of likely N-dealkylation sites (tertiary alicyclic amines) is 1. The largest absolute Gasteiger partial charge is 0.444 e. The molecule has 4 aromatic carbocycles. The quantitative estimate of drug-likeness (QED) is 0.214. The van der Waals surface area contributed by atoms with E-state index in [1.807, 2.05) is 68.1 Å². The van der Waals surface area contributed by atoms with Crippen LogP contribution in [0.4, 0.5) is 16.2 Å². The molecule has 1 saturated heterocycles. The number of hydrogen-bond donors (Lipinski definition) is 1. The summed E-state index contributed by atoms with van der Waals surface area (Å²) in [4.78, 5) is 32.2. The second-order valence-electron chi connectivity index (χ2n) is 18.2. The molecule has 3 heterocycles. The summed E-state index contributed by atoms with van der Waals surface area (Å²) in [7, 11) is 4.30. The van der Waals surface area contributed by atoms with Gasteiger partial charge in [0.2, 0.25) is 0 Å². The monoisotopic (exact) mass is 921 g/mol. The lowest BCUT2D eigenvalue weighted by molar-refractivity contribution is -0.120. The molecule has 2 fully saturated rings. The number of ketones is 1. The Morgan fingerprint density at radius 1 is 0.694 bits per heavy atom. The summed E-state index contributed by atoms with van der Waals surface area (Å²) >= 11 is 24.6. The zero-order valence-electron chi connectivity index (χ0n) is 36.9. The first kappa shape index (κ1) is 48.0. The van der Waals surface area contributed by atoms with Crippen LogP contribution in [0.1, 0.15) is 88.0 Å². The molecule has 0 radical (unpaired) electrons. The van der Waals surface area contributed by atoms with E-state index >= 15 is 0 Å². The Morgan fingerprint density at radius 3 is 1.76 bits per heavy atom. The number of amides is 1. The normalized spacial score (nSPS) is 19.8. The predicted octanol–water partition coefficient (Wildman–Crippen LogP) is 11.9. The molecular formula is C50H63Cl4N5O3. The Bertz CT molecular complexity index is 2080. The van der Waals surface area contributed by atoms with E-state index in [1.165, 1.54) is 40.0 Å². The van der Waals surface area contributed by atoms with Gasteiger partial charge in [-0.25, -0.2) is 4.79 Å². The van der Waals surface area contributed by atoms with E-state index in [9.17, 15) is 9.59 Å². The fraction of sp³-hybridized carbons (Fsp3) is 0.480. The van der Waals surface area contributed by atoms with E-state index in [4.69, 9.17) is 51.1 Å². The van der Waals surface area contributed by atoms with Crippen LogP contribution in [-0.2, 0) is 35.5 Å². The van der Waals surface area contributed by atoms with Crippen molar-refractivity contribution < 1.29 is 14.3 Å². The molecule has 3 aliphatic heterocycles. The molecule has 8 rings (SSSR count). The number of likely N-dealkylation sites (N-methyl/N-ethyl adjacent to an activating group) is 2. The lowest BCUT2D eigenvalue weighted by Gasteiger charge is -2.42. The minimum Gasteiger partial charge on any atom is -0.444 e. The summed E-state index contributed by atoms with van der Waals surface area (Å²) < 4.78 is 5.60. The van der Waals surface area contributed by atoms with Crippen molar-refractivity contribution >= 4 is 69.7 Å². The van der Waals surface area contributed by atoms with Gasteiger partial charge in [-0.05, 0) is 142 Å². The van der Waals surface area contributed by atoms with Crippen molar-refractivity contribution in [1.29, 1.82) is 0 Å². The molecule has 1 N–H and O–H groups in total. The van der Waals surface area contributed by atoms with Gasteiger partial charge < -0.3 is 24.8 Å². The van der Waals surface area contributed by atoms with Crippen molar-refractivity contribution in [2.24, 2.45) is 0 Å². The van der Waals surface area contributed by atoms with Gasteiger partial charge in [-0.15, -0.1) is 0 Å². The van der Waals surface area contributed by atoms with Gasteiger partial charge in [-0.1, -0.05) is 77.1 Å². The van der Waals surface area contributed by atoms with E-state index < -0.39 is 5.60 Å². The first-order valence-electron chi connectivity index (χ1n) is 22.1. The molecule has 1 amide bonds. The van der Waals surface area contributed by atoms with E-state index in [-0.39, 0.29) is 6.09 Å². The van der Waals surface area contributed by atoms with Gasteiger partial charge in [0.05, 0.1) is 0 Å². The lowest BCUT2D eigenvalue weighted by atomic mass is 9.97. The Labute approximate surface area is 389 Å². The molecule has 0 spiro atoms. The van der Waals surface area contributed by atoms with Crippen molar-refractivity contribution in [3.05, 3.63) is 127 Å². The predicted molar refractivity (Wildman–Crippen MR) is 259 cm³/mol. The number of piperidine rings is 1. The third-order valence-corrected chi connectivity index (χ3v) is 13.0. The summed E-state index contributed by atoms with van der Waals surface area (Å²) in [6.07, 6.45) is 8.81. The van der Waals surface area contributed by atoms with Crippen molar-refractivity contribution in [3.8, 4) is 0 Å². The second-order valence-corrected chi connectivity index (χ2v) is 19.9. The molecule has 8 nitrogen and oxygen atoms in total. The minimum absolute atomic E-state index is 0.212. The Morgan fingerprint density at radius 2 is 1.21 bits per heavy atom. The van der Waals surface area contributed by atoms with E-state index in [0.717, 1.165) is 97.6 Å². The Balaban J connectivity index is 0.000000192. The fourth-order valence-electron chi connectivity index (χ4n) is 8.91. The number of rotatable bonds is 5. The average molecular weight is 924 g/mol. The number of anilines is 2. The van der Waals surface area contributed by atoms with Crippen LogP contribution in [0.25, 0.3) is 0 Å². The van der Waals surface area contributed by atoms with E-state index in [0.29, 0.717) is 37.0 Å². The molecule has 2 atom stereocenters. The number of carbonyl (C=O) groups excluding carboxylic acids is 2. The lowest BCUT2D eigenvalue weighted by Crippen LogP contribution is -2.52. The molecule has 4 aliphatic rings. The highest BCUT2D eigenvalue weighted by atomic mass is 35.5. The number of nitrogens with zero attached hydrogens (tertiary/aromatic N) is 4. The highest BCUT2D eigenvalue weighted by Crippen LogP contribution is 2.34. The first-order valence-corrected chi connectivity index (χ1v) is 23.6. The summed E-state index contributed by atoms with van der Waals surface area (Å²) in [6.45, 7) is 10.7. The van der Waals surface area contributed by atoms with Gasteiger partial charge in [0.15, 0.2) is 0 Å². The smallest absolute Gasteiger partial charge is 0.410 e. The highest BCUT2D eigenvalue weighted by molar-refractivity contribution is 6.31. The number of fused-ring (bicyclic) bond motifs is 2. The molecule has 62 heavy (non-hydrogen) atoms. The second kappa shape index (κ2) is 22.4. The van der Waals surface area contributed by atoms with Gasteiger partial charge in [-0.3, -0.25) is 9.69 Å². The van der Waals surface area contributed by atoms with Gasteiger partial charge in [-0.2, -0.15) is 0 Å². The zero-order valence-corrected chi connectivity index (χ0v) is 40.0. The summed E-state index contributed by atoms with van der Waals surface area (Å²) in [5.74, 6) is 0.464. The van der Waals surface area contributed by atoms with Crippen LogP contribution in [-0.4, -0.2) is 85.7 Å². The number of carbonyl (C=O) groups is 2. The number of nitrogens with one attached hydrogen (secondary N) is 1. The van der Waals surface area contributed by atoms with Crippen molar-refractivity contribution in [2.75, 3.05) is 50.1 Å². The Hall–Kier alpha value is -3.50. The average Bonchev–Trinajstić information content (AvgIpc) is 3.47. The minimum atomic E-state index is -0.476. The third kappa shape index (κ3) is 14.3. The maximum atomic E-state index is 12.6. The van der Waals surface area contributed by atoms with Crippen LogP contribution in [0, 0.1) is 0 Å². The molecule has 4 aromatic rings. The summed E-state index contributed by atoms with van der Waals surface area (Å²) in [5.41, 5.74) is 7.10. The third-order valence-electron chi connectivity index (χ3n) is 12.1. The fourth-order valence-corrected chi connectivity index (χ4v) is 9.55. The number of Topliss-reactive ketones (excluding diaryl/α,β-unsaturated/α-hetero) is 1. The van der Waals surface area contributed by atoms with Crippen LogP contribution >= 0.6 is 46.4 Å². The number of halogens is 4. The number of hydrogen-bond acceptors (Lipinski definition) is 7.